The van der Waals surface area contributed by atoms with Crippen molar-refractivity contribution in [1.29, 1.82) is 0 Å². The van der Waals surface area contributed by atoms with Crippen molar-refractivity contribution in [2.45, 2.75) is 65.4 Å². The van der Waals surface area contributed by atoms with Crippen molar-refractivity contribution in [3.63, 3.8) is 0 Å². The van der Waals surface area contributed by atoms with Crippen molar-refractivity contribution in [1.82, 2.24) is 0 Å². The van der Waals surface area contributed by atoms with Gasteiger partial charge in [-0.1, -0.05) is 38.9 Å². The number of rotatable bonds is 7. The predicted molar refractivity (Wildman–Crippen MR) is 80.6 cm³/mol. The highest BCUT2D eigenvalue weighted by atomic mass is 16.7. The van der Waals surface area contributed by atoms with Gasteiger partial charge in [0.25, 0.3) is 0 Å². The maximum atomic E-state index is 12.3. The maximum absolute atomic E-state index is 12.3. The molecule has 0 fully saturated rings. The van der Waals surface area contributed by atoms with Gasteiger partial charge >= 0.3 is 5.97 Å². The van der Waals surface area contributed by atoms with Crippen LogP contribution < -0.4 is 0 Å². The fraction of sp³-hybridized carbons (Fsp3) is 0.750. The lowest BCUT2D eigenvalue weighted by Gasteiger charge is -2.24. The van der Waals surface area contributed by atoms with Crippen LogP contribution in [0, 0.1) is 5.41 Å². The molecule has 0 radical (unpaired) electrons. The fourth-order valence-electron chi connectivity index (χ4n) is 2.01. The third kappa shape index (κ3) is 4.09. The van der Waals surface area contributed by atoms with Gasteiger partial charge in [-0.2, -0.15) is 0 Å². The number of carbonyl (C=O) groups is 1. The smallest absolute Gasteiger partial charge is 0.353 e. The molecule has 4 heteroatoms. The molecule has 0 spiro atoms. The largest absolute Gasteiger partial charge is 0.463 e. The Balaban J connectivity index is 2.51. The first-order valence-corrected chi connectivity index (χ1v) is 7.39. The summed E-state index contributed by atoms with van der Waals surface area (Å²) in [6.45, 7) is 12.2. The molecule has 0 aromatic rings. The molecule has 0 bridgehead atoms. The van der Waals surface area contributed by atoms with Crippen molar-refractivity contribution < 1.29 is 14.4 Å². The number of carbonyl (C=O) groups excluding carboxylic acids is 1. The van der Waals surface area contributed by atoms with Crippen LogP contribution in [0.25, 0.3) is 0 Å². The normalized spacial score (nSPS) is 22.1. The van der Waals surface area contributed by atoms with Crippen molar-refractivity contribution in [2.75, 3.05) is 6.61 Å². The number of hydrogen-bond acceptors (Lipinski definition) is 4. The number of unbranched alkanes of at least 4 members (excludes halogenated alkanes) is 2. The summed E-state index contributed by atoms with van der Waals surface area (Å²) in [6.07, 6.45) is 5.76. The molecule has 0 aromatic heterocycles. The van der Waals surface area contributed by atoms with E-state index in [0.717, 1.165) is 25.0 Å². The van der Waals surface area contributed by atoms with Gasteiger partial charge in [-0.25, -0.2) is 4.79 Å². The minimum absolute atomic E-state index is 0.0822. The lowest BCUT2D eigenvalue weighted by molar-refractivity contribution is -0.170. The highest BCUT2D eigenvalue weighted by molar-refractivity contribution is 5.96. The molecule has 0 N–H and O–H groups in total. The summed E-state index contributed by atoms with van der Waals surface area (Å²) in [4.78, 5) is 17.7. The van der Waals surface area contributed by atoms with Gasteiger partial charge in [0.2, 0.25) is 5.60 Å². The SMILES string of the molecule is C=CCCCCOC(=O)C1(CC)CC(C(C)(C)C)=NO1. The molecule has 0 saturated heterocycles. The Morgan fingerprint density at radius 2 is 2.20 bits per heavy atom. The van der Waals surface area contributed by atoms with E-state index in [1.807, 2.05) is 13.0 Å². The van der Waals surface area contributed by atoms with Gasteiger partial charge in [0, 0.05) is 11.8 Å². The second kappa shape index (κ2) is 6.91. The van der Waals surface area contributed by atoms with Gasteiger partial charge in [-0.15, -0.1) is 6.58 Å². The van der Waals surface area contributed by atoms with E-state index in [2.05, 4.69) is 32.5 Å². The van der Waals surface area contributed by atoms with Crippen LogP contribution in [0.3, 0.4) is 0 Å². The van der Waals surface area contributed by atoms with Crippen LogP contribution in [0.2, 0.25) is 0 Å². The quantitative estimate of drug-likeness (QED) is 0.404. The van der Waals surface area contributed by atoms with E-state index in [4.69, 9.17) is 9.57 Å². The molecule has 1 aliphatic heterocycles. The molecule has 1 rings (SSSR count). The lowest BCUT2D eigenvalue weighted by Crippen LogP contribution is -2.41. The van der Waals surface area contributed by atoms with Crippen LogP contribution >= 0.6 is 0 Å². The summed E-state index contributed by atoms with van der Waals surface area (Å²) < 4.78 is 5.36. The minimum Gasteiger partial charge on any atom is -0.463 e. The lowest BCUT2D eigenvalue weighted by atomic mass is 9.82. The first-order valence-electron chi connectivity index (χ1n) is 7.39. The molecule has 0 aliphatic carbocycles. The maximum Gasteiger partial charge on any atom is 0.353 e. The number of ether oxygens (including phenoxy) is 1. The number of esters is 1. The Labute approximate surface area is 122 Å². The standard InChI is InChI=1S/C16H27NO3/c1-6-8-9-10-11-19-14(18)16(7-2)12-13(17-20-16)15(3,4)5/h6H,1,7-12H2,2-5H3. The first kappa shape index (κ1) is 16.7. The Hall–Kier alpha value is -1.32. The summed E-state index contributed by atoms with van der Waals surface area (Å²) in [5.74, 6) is -0.290. The molecular weight excluding hydrogens is 254 g/mol. The van der Waals surface area contributed by atoms with E-state index in [1.165, 1.54) is 0 Å². The van der Waals surface area contributed by atoms with Gasteiger partial charge < -0.3 is 9.57 Å². The second-order valence-electron chi connectivity index (χ2n) is 6.32. The van der Waals surface area contributed by atoms with E-state index in [9.17, 15) is 4.79 Å². The summed E-state index contributed by atoms with van der Waals surface area (Å²) >= 11 is 0. The predicted octanol–water partition coefficient (Wildman–Crippen LogP) is 3.86. The highest BCUT2D eigenvalue weighted by Crippen LogP contribution is 2.35. The van der Waals surface area contributed by atoms with Gasteiger partial charge in [0.1, 0.15) is 0 Å². The van der Waals surface area contributed by atoms with Gasteiger partial charge in [0.15, 0.2) is 0 Å². The van der Waals surface area contributed by atoms with Gasteiger partial charge in [-0.05, 0) is 25.7 Å². The second-order valence-corrected chi connectivity index (χ2v) is 6.32. The molecule has 114 valence electrons. The molecule has 0 amide bonds. The summed E-state index contributed by atoms with van der Waals surface area (Å²) in [5.41, 5.74) is -0.0784. The minimum atomic E-state index is -0.916. The van der Waals surface area contributed by atoms with Gasteiger partial charge in [-0.3, -0.25) is 0 Å². The van der Waals surface area contributed by atoms with E-state index in [1.54, 1.807) is 0 Å². The van der Waals surface area contributed by atoms with Crippen molar-refractivity contribution in [3.8, 4) is 0 Å². The van der Waals surface area contributed by atoms with E-state index in [0.29, 0.717) is 19.4 Å². The monoisotopic (exact) mass is 281 g/mol. The van der Waals surface area contributed by atoms with Crippen LogP contribution in [0.4, 0.5) is 0 Å². The summed E-state index contributed by atoms with van der Waals surface area (Å²) in [7, 11) is 0. The topological polar surface area (TPSA) is 47.9 Å². The average Bonchev–Trinajstić information content (AvgIpc) is 2.84. The molecule has 20 heavy (non-hydrogen) atoms. The van der Waals surface area contributed by atoms with E-state index >= 15 is 0 Å². The third-order valence-corrected chi connectivity index (χ3v) is 3.63. The van der Waals surface area contributed by atoms with Crippen molar-refractivity contribution >= 4 is 11.7 Å². The highest BCUT2D eigenvalue weighted by Gasteiger charge is 2.48. The van der Waals surface area contributed by atoms with Crippen LogP contribution in [0.5, 0.6) is 0 Å². The molecule has 1 atom stereocenters. The Morgan fingerprint density at radius 1 is 1.50 bits per heavy atom. The molecule has 0 saturated carbocycles. The number of allylic oxidation sites excluding steroid dienone is 1. The first-order chi connectivity index (χ1) is 9.35. The zero-order valence-corrected chi connectivity index (χ0v) is 13.2. The summed E-state index contributed by atoms with van der Waals surface area (Å²) in [5, 5.41) is 4.11. The van der Waals surface area contributed by atoms with Crippen molar-refractivity contribution in [2.24, 2.45) is 10.6 Å². The fourth-order valence-corrected chi connectivity index (χ4v) is 2.01. The number of hydrogen-bond donors (Lipinski definition) is 0. The van der Waals surface area contributed by atoms with Crippen LogP contribution in [-0.2, 0) is 14.4 Å². The van der Waals surface area contributed by atoms with Crippen molar-refractivity contribution in [3.05, 3.63) is 12.7 Å². The number of oxime groups is 1. The molecule has 1 heterocycles. The zero-order chi connectivity index (χ0) is 15.2. The van der Waals surface area contributed by atoms with Crippen LogP contribution in [0.1, 0.15) is 59.8 Å². The number of nitrogens with zero attached hydrogens (tertiary/aromatic N) is 1. The molecule has 1 aliphatic rings. The Morgan fingerprint density at radius 3 is 2.70 bits per heavy atom. The zero-order valence-electron chi connectivity index (χ0n) is 13.2. The Kier molecular flexibility index (Phi) is 5.78. The van der Waals surface area contributed by atoms with Crippen LogP contribution in [0.15, 0.2) is 17.8 Å². The third-order valence-electron chi connectivity index (χ3n) is 3.63. The van der Waals surface area contributed by atoms with E-state index in [-0.39, 0.29) is 11.4 Å². The molecule has 0 aromatic carbocycles. The average molecular weight is 281 g/mol. The molecule has 1 unspecified atom stereocenters. The van der Waals surface area contributed by atoms with E-state index < -0.39 is 5.60 Å². The van der Waals surface area contributed by atoms with Crippen LogP contribution in [-0.4, -0.2) is 23.9 Å². The molecule has 4 nitrogen and oxygen atoms in total. The molecular formula is C16H27NO3. The summed E-state index contributed by atoms with van der Waals surface area (Å²) in [6, 6.07) is 0. The Bertz CT molecular complexity index is 382. The van der Waals surface area contributed by atoms with Gasteiger partial charge in [0.05, 0.1) is 12.3 Å².